The van der Waals surface area contributed by atoms with Crippen LogP contribution in [0.3, 0.4) is 0 Å². The van der Waals surface area contributed by atoms with Crippen molar-refractivity contribution < 1.29 is 39.5 Å². The van der Waals surface area contributed by atoms with Gasteiger partial charge >= 0.3 is 12.0 Å². The van der Waals surface area contributed by atoms with Crippen LogP contribution in [0.2, 0.25) is 0 Å². The zero-order valence-corrected chi connectivity index (χ0v) is 14.4. The number of aliphatic carboxylic acids is 1. The number of ether oxygens (including phenoxy) is 2. The van der Waals surface area contributed by atoms with Crippen molar-refractivity contribution in [2.75, 3.05) is 5.43 Å². The number of carboxylic acids is 1. The smallest absolute Gasteiger partial charge is 0.335 e. The molecule has 1 fully saturated rings. The third-order valence-electron chi connectivity index (χ3n) is 4.25. The number of benzene rings is 2. The van der Waals surface area contributed by atoms with Gasteiger partial charge in [-0.15, -0.1) is 0 Å². The number of primary amides is 1. The van der Waals surface area contributed by atoms with E-state index >= 15 is 0 Å². The lowest BCUT2D eigenvalue weighted by Gasteiger charge is -2.38. The number of carboxylic acid groups (broad SMARTS) is 1. The van der Waals surface area contributed by atoms with E-state index in [1.807, 2.05) is 0 Å². The van der Waals surface area contributed by atoms with Gasteiger partial charge in [0.25, 0.3) is 0 Å². The standard InChI is InChI=1S/C17H19N3O8/c18-17(26)20-19-9-6-5-7-3-1-2-4-8(7)13(9)27-16-12(23)10(21)11(22)14(28-16)15(24)25/h1-6,10-12,14,16,19,21-23H,(H,24,25)(H3,18,20,26). The molecule has 0 aliphatic carbocycles. The third-order valence-corrected chi connectivity index (χ3v) is 4.25. The van der Waals surface area contributed by atoms with Crippen molar-refractivity contribution in [1.82, 2.24) is 5.43 Å². The largest absolute Gasteiger partial charge is 0.479 e. The summed E-state index contributed by atoms with van der Waals surface area (Å²) in [4.78, 5) is 22.3. The Hall–Kier alpha value is -3.12. The average molecular weight is 393 g/mol. The van der Waals surface area contributed by atoms with Crippen LogP contribution in [0, 0.1) is 0 Å². The highest BCUT2D eigenvalue weighted by atomic mass is 16.7. The number of hydrogen-bond acceptors (Lipinski definition) is 8. The van der Waals surface area contributed by atoms with Gasteiger partial charge in [-0.3, -0.25) is 10.9 Å². The van der Waals surface area contributed by atoms with Gasteiger partial charge in [-0.05, 0) is 11.5 Å². The third kappa shape index (κ3) is 3.77. The van der Waals surface area contributed by atoms with Crippen molar-refractivity contribution in [3.63, 3.8) is 0 Å². The molecule has 28 heavy (non-hydrogen) atoms. The van der Waals surface area contributed by atoms with Crippen molar-refractivity contribution in [2.45, 2.75) is 30.7 Å². The monoisotopic (exact) mass is 393 g/mol. The fourth-order valence-electron chi connectivity index (χ4n) is 2.86. The van der Waals surface area contributed by atoms with E-state index < -0.39 is 42.7 Å². The summed E-state index contributed by atoms with van der Waals surface area (Å²) in [5.41, 5.74) is 10.0. The fourth-order valence-corrected chi connectivity index (χ4v) is 2.86. The van der Waals surface area contributed by atoms with Gasteiger partial charge in [0.2, 0.25) is 6.29 Å². The van der Waals surface area contributed by atoms with Gasteiger partial charge < -0.3 is 35.6 Å². The molecule has 8 N–H and O–H groups in total. The second kappa shape index (κ2) is 7.86. The number of nitrogens with two attached hydrogens (primary N) is 1. The summed E-state index contributed by atoms with van der Waals surface area (Å²) in [6.07, 6.45) is -8.80. The van der Waals surface area contributed by atoms with Crippen LogP contribution < -0.4 is 21.3 Å². The van der Waals surface area contributed by atoms with Crippen LogP contribution in [0.5, 0.6) is 5.75 Å². The molecule has 0 radical (unpaired) electrons. The maximum absolute atomic E-state index is 11.3. The number of nitrogens with one attached hydrogen (secondary N) is 2. The predicted octanol–water partition coefficient (Wildman–Crippen LogP) is -0.894. The summed E-state index contributed by atoms with van der Waals surface area (Å²) < 4.78 is 10.8. The minimum atomic E-state index is -1.84. The highest BCUT2D eigenvalue weighted by Crippen LogP contribution is 2.36. The lowest BCUT2D eigenvalue weighted by atomic mass is 9.99. The minimum Gasteiger partial charge on any atom is -0.479 e. The van der Waals surface area contributed by atoms with Crippen molar-refractivity contribution >= 4 is 28.5 Å². The molecule has 1 aliphatic rings. The van der Waals surface area contributed by atoms with E-state index in [0.717, 1.165) is 5.39 Å². The lowest BCUT2D eigenvalue weighted by molar-refractivity contribution is -0.270. The number of aliphatic hydroxyl groups is 3. The Morgan fingerprint density at radius 3 is 2.43 bits per heavy atom. The molecule has 0 bridgehead atoms. The number of urea groups is 1. The number of carbonyl (C=O) groups is 2. The van der Waals surface area contributed by atoms with Gasteiger partial charge in [0.15, 0.2) is 11.9 Å². The Morgan fingerprint density at radius 2 is 1.75 bits per heavy atom. The quantitative estimate of drug-likeness (QED) is 0.317. The molecule has 1 heterocycles. The number of amides is 2. The Bertz CT molecular complexity index is 892. The topological polar surface area (TPSA) is 184 Å². The minimum absolute atomic E-state index is 0.101. The van der Waals surface area contributed by atoms with Crippen LogP contribution in [0.25, 0.3) is 10.8 Å². The number of hydrogen-bond donors (Lipinski definition) is 7. The molecule has 11 nitrogen and oxygen atoms in total. The fraction of sp³-hybridized carbons (Fsp3) is 0.294. The van der Waals surface area contributed by atoms with Gasteiger partial charge in [0.05, 0.1) is 5.69 Å². The van der Waals surface area contributed by atoms with Gasteiger partial charge in [-0.25, -0.2) is 9.59 Å². The van der Waals surface area contributed by atoms with Crippen molar-refractivity contribution in [1.29, 1.82) is 0 Å². The number of rotatable bonds is 5. The number of aliphatic hydroxyl groups excluding tert-OH is 3. The van der Waals surface area contributed by atoms with E-state index in [0.29, 0.717) is 5.39 Å². The van der Waals surface area contributed by atoms with Crippen LogP contribution in [-0.2, 0) is 9.53 Å². The second-order valence-corrected chi connectivity index (χ2v) is 6.13. The van der Waals surface area contributed by atoms with Crippen LogP contribution in [0.4, 0.5) is 10.5 Å². The van der Waals surface area contributed by atoms with E-state index in [4.69, 9.17) is 20.3 Å². The highest BCUT2D eigenvalue weighted by molar-refractivity contribution is 5.93. The Balaban J connectivity index is 1.98. The first-order chi connectivity index (χ1) is 13.3. The number of hydrazine groups is 1. The molecule has 2 amide bonds. The molecule has 1 saturated heterocycles. The van der Waals surface area contributed by atoms with Gasteiger partial charge in [-0.1, -0.05) is 30.3 Å². The molecular weight excluding hydrogens is 374 g/mol. The van der Waals surface area contributed by atoms with E-state index in [1.54, 1.807) is 36.4 Å². The summed E-state index contributed by atoms with van der Waals surface area (Å²) >= 11 is 0. The number of fused-ring (bicyclic) bond motifs is 1. The molecule has 5 unspecified atom stereocenters. The number of anilines is 1. The Labute approximate surface area is 158 Å². The molecule has 11 heteroatoms. The van der Waals surface area contributed by atoms with Gasteiger partial charge in [0, 0.05) is 5.39 Å². The highest BCUT2D eigenvalue weighted by Gasteiger charge is 2.48. The molecule has 2 aromatic carbocycles. The molecule has 2 aromatic rings. The second-order valence-electron chi connectivity index (χ2n) is 6.13. The van der Waals surface area contributed by atoms with E-state index in [1.165, 1.54) is 0 Å². The maximum atomic E-state index is 11.3. The molecule has 1 aliphatic heterocycles. The first-order valence-electron chi connectivity index (χ1n) is 8.22. The van der Waals surface area contributed by atoms with E-state index in [-0.39, 0.29) is 11.4 Å². The zero-order chi connectivity index (χ0) is 20.4. The van der Waals surface area contributed by atoms with Crippen LogP contribution in [0.15, 0.2) is 36.4 Å². The van der Waals surface area contributed by atoms with Crippen LogP contribution in [0.1, 0.15) is 0 Å². The van der Waals surface area contributed by atoms with Crippen LogP contribution in [-0.4, -0.2) is 63.1 Å². The first kappa shape index (κ1) is 19.6. The summed E-state index contributed by atoms with van der Waals surface area (Å²) in [5.74, 6) is -1.43. The van der Waals surface area contributed by atoms with Gasteiger partial charge in [-0.2, -0.15) is 0 Å². The predicted molar refractivity (Wildman–Crippen MR) is 95.2 cm³/mol. The summed E-state index contributed by atoms with van der Waals surface area (Å²) in [7, 11) is 0. The van der Waals surface area contributed by atoms with Crippen molar-refractivity contribution in [3.05, 3.63) is 36.4 Å². The normalized spacial score (nSPS) is 27.2. The molecule has 5 atom stereocenters. The number of carbonyl (C=O) groups excluding carboxylic acids is 1. The molecule has 150 valence electrons. The van der Waals surface area contributed by atoms with Crippen molar-refractivity contribution in [2.24, 2.45) is 5.73 Å². The lowest BCUT2D eigenvalue weighted by Crippen LogP contribution is -2.61. The summed E-state index contributed by atoms with van der Waals surface area (Å²) in [6, 6.07) is 9.40. The molecule has 0 saturated carbocycles. The average Bonchev–Trinajstić information content (AvgIpc) is 2.67. The zero-order valence-electron chi connectivity index (χ0n) is 14.4. The van der Waals surface area contributed by atoms with Gasteiger partial charge in [0.1, 0.15) is 18.3 Å². The Kier molecular flexibility index (Phi) is 5.51. The Morgan fingerprint density at radius 1 is 1.04 bits per heavy atom. The first-order valence-corrected chi connectivity index (χ1v) is 8.22. The van der Waals surface area contributed by atoms with Crippen molar-refractivity contribution in [3.8, 4) is 5.75 Å². The summed E-state index contributed by atoms with van der Waals surface area (Å²) in [5, 5.41) is 40.4. The van der Waals surface area contributed by atoms with Crippen LogP contribution >= 0.6 is 0 Å². The van der Waals surface area contributed by atoms with E-state index in [2.05, 4.69) is 10.9 Å². The molecule has 0 spiro atoms. The maximum Gasteiger partial charge on any atom is 0.335 e. The summed E-state index contributed by atoms with van der Waals surface area (Å²) in [6.45, 7) is 0. The van der Waals surface area contributed by atoms with E-state index in [9.17, 15) is 24.9 Å². The molecule has 0 aromatic heterocycles. The molecule has 3 rings (SSSR count). The molecular formula is C17H19N3O8. The SMILES string of the molecule is NC(=O)NNc1ccc2ccccc2c1OC1OC(C(=O)O)C(O)C(O)C1O.